The Hall–Kier alpha value is -6.38. The van der Waals surface area contributed by atoms with Crippen LogP contribution in [0.15, 0.2) is 192 Å². The summed E-state index contributed by atoms with van der Waals surface area (Å²) >= 11 is 0. The molecule has 0 aliphatic rings. The van der Waals surface area contributed by atoms with Gasteiger partial charge in [-0.2, -0.15) is 0 Å². The van der Waals surface area contributed by atoms with Crippen molar-refractivity contribution in [3.8, 4) is 33.4 Å². The van der Waals surface area contributed by atoms with Gasteiger partial charge in [0, 0.05) is 16.6 Å². The second-order valence-corrected chi connectivity index (χ2v) is 12.1. The third-order valence-corrected chi connectivity index (χ3v) is 9.25. The number of hydrogen-bond donors (Lipinski definition) is 0. The summed E-state index contributed by atoms with van der Waals surface area (Å²) < 4.78 is 6.38. The molecule has 0 saturated heterocycles. The fraction of sp³-hybridized carbons (Fsp3) is 0. The molecule has 0 N–H and O–H groups in total. The molecule has 0 aliphatic carbocycles. The maximum Gasteiger partial charge on any atom is 0.137 e. The van der Waals surface area contributed by atoms with E-state index < -0.39 is 0 Å². The van der Waals surface area contributed by atoms with Crippen LogP contribution in [0.5, 0.6) is 0 Å². The van der Waals surface area contributed by atoms with Crippen molar-refractivity contribution in [2.24, 2.45) is 0 Å². The summed E-state index contributed by atoms with van der Waals surface area (Å²) in [6.07, 6.45) is 0. The van der Waals surface area contributed by atoms with E-state index in [-0.39, 0.29) is 0 Å². The van der Waals surface area contributed by atoms with Crippen LogP contribution in [0.4, 0.5) is 17.1 Å². The minimum Gasteiger partial charge on any atom is -0.456 e. The summed E-state index contributed by atoms with van der Waals surface area (Å²) in [5.41, 5.74) is 12.1. The molecule has 9 aromatic rings. The third kappa shape index (κ3) is 4.83. The Morgan fingerprint density at radius 2 is 0.938 bits per heavy atom. The molecular weight excluding hydrogens is 583 g/mol. The zero-order valence-corrected chi connectivity index (χ0v) is 26.3. The van der Waals surface area contributed by atoms with Crippen molar-refractivity contribution in [1.29, 1.82) is 0 Å². The first-order valence-electron chi connectivity index (χ1n) is 16.4. The Morgan fingerprint density at radius 3 is 1.85 bits per heavy atom. The van der Waals surface area contributed by atoms with Crippen LogP contribution in [0.25, 0.3) is 66.1 Å². The third-order valence-electron chi connectivity index (χ3n) is 9.25. The monoisotopic (exact) mass is 613 g/mol. The van der Waals surface area contributed by atoms with Gasteiger partial charge in [0.25, 0.3) is 0 Å². The summed E-state index contributed by atoms with van der Waals surface area (Å²) in [5.74, 6) is 0. The van der Waals surface area contributed by atoms with E-state index in [0.29, 0.717) is 0 Å². The highest BCUT2D eigenvalue weighted by atomic mass is 16.3. The predicted octanol–water partition coefficient (Wildman–Crippen LogP) is 13.2. The average Bonchev–Trinajstić information content (AvgIpc) is 3.55. The van der Waals surface area contributed by atoms with Crippen LogP contribution in [0.1, 0.15) is 0 Å². The number of hydrogen-bond acceptors (Lipinski definition) is 2. The molecule has 48 heavy (non-hydrogen) atoms. The van der Waals surface area contributed by atoms with Crippen LogP contribution in [0, 0.1) is 0 Å². The van der Waals surface area contributed by atoms with Crippen molar-refractivity contribution in [3.63, 3.8) is 0 Å². The minimum atomic E-state index is 0.870. The quantitative estimate of drug-likeness (QED) is 0.185. The van der Waals surface area contributed by atoms with E-state index in [4.69, 9.17) is 4.42 Å². The number of anilines is 3. The van der Waals surface area contributed by atoms with Crippen molar-refractivity contribution < 1.29 is 4.42 Å². The van der Waals surface area contributed by atoms with E-state index in [1.165, 1.54) is 33.0 Å². The number of para-hydroxylation sites is 2. The second-order valence-electron chi connectivity index (χ2n) is 12.1. The van der Waals surface area contributed by atoms with E-state index >= 15 is 0 Å². The normalized spacial score (nSPS) is 11.3. The van der Waals surface area contributed by atoms with Gasteiger partial charge in [-0.25, -0.2) is 0 Å². The van der Waals surface area contributed by atoms with E-state index in [0.717, 1.165) is 50.1 Å². The Kier molecular flexibility index (Phi) is 6.84. The average molecular weight is 614 g/mol. The Bertz CT molecular complexity index is 2570. The standard InChI is InChI=1S/C46H31NO/c1-2-14-33(15-3-1)40-23-6-8-26-42(40)47(43-27-13-29-45-46(43)41-24-7-9-28-44(41)48-45)37-21-11-19-35(31-37)34-18-10-20-36(30-34)39-25-12-17-32-16-4-5-22-38(32)39/h1-31H. The van der Waals surface area contributed by atoms with E-state index in [2.05, 4.69) is 181 Å². The van der Waals surface area contributed by atoms with Crippen LogP contribution in [-0.2, 0) is 0 Å². The highest BCUT2D eigenvalue weighted by Crippen LogP contribution is 2.46. The van der Waals surface area contributed by atoms with Crippen molar-refractivity contribution >= 4 is 49.8 Å². The molecular formula is C46H31NO. The molecule has 0 unspecified atom stereocenters. The van der Waals surface area contributed by atoms with Gasteiger partial charge in [0.2, 0.25) is 0 Å². The van der Waals surface area contributed by atoms with E-state index in [9.17, 15) is 0 Å². The van der Waals surface area contributed by atoms with E-state index in [1.807, 2.05) is 12.1 Å². The molecule has 0 atom stereocenters. The lowest BCUT2D eigenvalue weighted by Gasteiger charge is -2.29. The van der Waals surface area contributed by atoms with E-state index in [1.54, 1.807) is 0 Å². The van der Waals surface area contributed by atoms with Gasteiger partial charge in [-0.05, 0) is 81.1 Å². The largest absolute Gasteiger partial charge is 0.456 e. The topological polar surface area (TPSA) is 16.4 Å². The fourth-order valence-electron chi connectivity index (χ4n) is 7.05. The van der Waals surface area contributed by atoms with Gasteiger partial charge < -0.3 is 9.32 Å². The summed E-state index contributed by atoms with van der Waals surface area (Å²) in [6, 6.07) is 66.9. The molecule has 2 heteroatoms. The maximum absolute atomic E-state index is 6.38. The van der Waals surface area contributed by atoms with Crippen LogP contribution in [0.3, 0.4) is 0 Å². The summed E-state index contributed by atoms with van der Waals surface area (Å²) in [4.78, 5) is 2.39. The molecule has 0 spiro atoms. The number of nitrogens with zero attached hydrogens (tertiary/aromatic N) is 1. The Morgan fingerprint density at radius 1 is 0.354 bits per heavy atom. The molecule has 1 aromatic heterocycles. The molecule has 0 amide bonds. The highest BCUT2D eigenvalue weighted by Gasteiger charge is 2.22. The molecule has 226 valence electrons. The fourth-order valence-corrected chi connectivity index (χ4v) is 7.05. The SMILES string of the molecule is c1ccc(-c2ccccc2N(c2cccc(-c3cccc(-c4cccc5ccccc45)c3)c2)c2cccc3oc4ccccc4c23)cc1. The first-order chi connectivity index (χ1) is 23.8. The molecule has 0 bridgehead atoms. The van der Waals surface area contributed by atoms with Crippen LogP contribution in [0.2, 0.25) is 0 Å². The highest BCUT2D eigenvalue weighted by molar-refractivity contribution is 6.14. The second kappa shape index (κ2) is 11.8. The van der Waals surface area contributed by atoms with Crippen molar-refractivity contribution in [1.82, 2.24) is 0 Å². The smallest absolute Gasteiger partial charge is 0.137 e. The molecule has 9 rings (SSSR count). The molecule has 2 nitrogen and oxygen atoms in total. The molecule has 0 saturated carbocycles. The Balaban J connectivity index is 1.25. The first kappa shape index (κ1) is 27.9. The summed E-state index contributed by atoms with van der Waals surface area (Å²) in [5, 5.41) is 4.70. The lowest BCUT2D eigenvalue weighted by atomic mass is 9.95. The maximum atomic E-state index is 6.38. The van der Waals surface area contributed by atoms with Gasteiger partial charge in [-0.1, -0.05) is 146 Å². The van der Waals surface area contributed by atoms with Crippen molar-refractivity contribution in [3.05, 3.63) is 188 Å². The number of fused-ring (bicyclic) bond motifs is 4. The van der Waals surface area contributed by atoms with Gasteiger partial charge >= 0.3 is 0 Å². The summed E-state index contributed by atoms with van der Waals surface area (Å²) in [6.45, 7) is 0. The zero-order valence-electron chi connectivity index (χ0n) is 26.3. The first-order valence-corrected chi connectivity index (χ1v) is 16.4. The van der Waals surface area contributed by atoms with Gasteiger partial charge in [0.1, 0.15) is 11.2 Å². The minimum absolute atomic E-state index is 0.870. The lowest BCUT2D eigenvalue weighted by molar-refractivity contribution is 0.669. The predicted molar refractivity (Wildman–Crippen MR) is 202 cm³/mol. The lowest BCUT2D eigenvalue weighted by Crippen LogP contribution is -2.11. The van der Waals surface area contributed by atoms with Crippen molar-refractivity contribution in [2.45, 2.75) is 0 Å². The van der Waals surface area contributed by atoms with Gasteiger partial charge in [0.05, 0.1) is 16.8 Å². The molecule has 0 fully saturated rings. The van der Waals surface area contributed by atoms with Crippen LogP contribution in [-0.4, -0.2) is 0 Å². The van der Waals surface area contributed by atoms with Gasteiger partial charge in [0.15, 0.2) is 0 Å². The Labute approximate surface area is 279 Å². The summed E-state index contributed by atoms with van der Waals surface area (Å²) in [7, 11) is 0. The zero-order chi connectivity index (χ0) is 31.9. The van der Waals surface area contributed by atoms with Crippen molar-refractivity contribution in [2.75, 3.05) is 4.90 Å². The molecule has 8 aromatic carbocycles. The molecule has 0 radical (unpaired) electrons. The number of benzene rings is 8. The number of furan rings is 1. The molecule has 1 heterocycles. The molecule has 0 aliphatic heterocycles. The van der Waals surface area contributed by atoms with Crippen LogP contribution >= 0.6 is 0 Å². The van der Waals surface area contributed by atoms with Gasteiger partial charge in [-0.3, -0.25) is 0 Å². The van der Waals surface area contributed by atoms with Crippen LogP contribution < -0.4 is 4.90 Å². The number of rotatable bonds is 6. The van der Waals surface area contributed by atoms with Gasteiger partial charge in [-0.15, -0.1) is 0 Å².